The number of rotatable bonds is 4. The Bertz CT molecular complexity index is 659. The van der Waals surface area contributed by atoms with Crippen LogP contribution in [-0.2, 0) is 11.2 Å². The Kier molecular flexibility index (Phi) is 3.70. The van der Waals surface area contributed by atoms with Crippen molar-refractivity contribution in [2.24, 2.45) is 5.73 Å². The zero-order valence-corrected chi connectivity index (χ0v) is 9.92. The van der Waals surface area contributed by atoms with Gasteiger partial charge in [0.15, 0.2) is 17.5 Å². The van der Waals surface area contributed by atoms with E-state index in [1.807, 2.05) is 0 Å². The van der Waals surface area contributed by atoms with Gasteiger partial charge in [-0.25, -0.2) is 17.9 Å². The van der Waals surface area contributed by atoms with Crippen molar-refractivity contribution >= 4 is 5.97 Å². The first-order valence-corrected chi connectivity index (χ1v) is 5.43. The van der Waals surface area contributed by atoms with Crippen LogP contribution in [0.3, 0.4) is 0 Å². The number of hydrogen-bond acceptors (Lipinski definition) is 4. The van der Waals surface area contributed by atoms with Crippen LogP contribution in [0, 0.1) is 17.5 Å². The molecule has 1 unspecified atom stereocenters. The van der Waals surface area contributed by atoms with Gasteiger partial charge in [-0.05, 0) is 0 Å². The van der Waals surface area contributed by atoms with E-state index in [4.69, 9.17) is 10.8 Å². The maximum absolute atomic E-state index is 13.5. The van der Waals surface area contributed by atoms with Gasteiger partial charge in [-0.3, -0.25) is 4.79 Å². The van der Waals surface area contributed by atoms with Crippen LogP contribution in [0.4, 0.5) is 13.2 Å². The van der Waals surface area contributed by atoms with Crippen molar-refractivity contribution in [3.05, 3.63) is 41.5 Å². The molecule has 0 bridgehead atoms. The molecule has 0 radical (unpaired) electrons. The first-order chi connectivity index (χ1) is 9.38. The zero-order chi connectivity index (χ0) is 14.9. The van der Waals surface area contributed by atoms with Crippen LogP contribution in [0.15, 0.2) is 18.3 Å². The fourth-order valence-corrected chi connectivity index (χ4v) is 1.51. The Morgan fingerprint density at radius 2 is 1.95 bits per heavy atom. The summed E-state index contributed by atoms with van der Waals surface area (Å²) in [5.41, 5.74) is 5.15. The number of halogens is 3. The number of aliphatic carboxylic acids is 1. The van der Waals surface area contributed by atoms with Gasteiger partial charge < -0.3 is 10.8 Å². The molecule has 0 saturated carbocycles. The SMILES string of the molecule is NC(Cc1cn(-c2cc(F)c(F)cc2F)nn1)C(=O)O. The van der Waals surface area contributed by atoms with E-state index in [1.165, 1.54) is 6.20 Å². The number of benzene rings is 1. The average Bonchev–Trinajstić information content (AvgIpc) is 2.82. The normalized spacial score (nSPS) is 12.4. The molecule has 0 amide bonds. The summed E-state index contributed by atoms with van der Waals surface area (Å²) in [6.45, 7) is 0. The Labute approximate surface area is 110 Å². The Morgan fingerprint density at radius 3 is 2.60 bits per heavy atom. The van der Waals surface area contributed by atoms with Crippen molar-refractivity contribution in [2.45, 2.75) is 12.5 Å². The molecule has 2 rings (SSSR count). The fourth-order valence-electron chi connectivity index (χ4n) is 1.51. The van der Waals surface area contributed by atoms with Crippen LogP contribution in [0.5, 0.6) is 0 Å². The Morgan fingerprint density at radius 1 is 1.30 bits per heavy atom. The number of nitrogens with zero attached hydrogens (tertiary/aromatic N) is 3. The van der Waals surface area contributed by atoms with Crippen LogP contribution in [-0.4, -0.2) is 32.1 Å². The van der Waals surface area contributed by atoms with E-state index in [1.54, 1.807) is 0 Å². The van der Waals surface area contributed by atoms with Crippen LogP contribution in [0.1, 0.15) is 5.69 Å². The van der Waals surface area contributed by atoms with Gasteiger partial charge in [-0.2, -0.15) is 0 Å². The zero-order valence-electron chi connectivity index (χ0n) is 9.92. The van der Waals surface area contributed by atoms with E-state index < -0.39 is 29.5 Å². The second-order valence-corrected chi connectivity index (χ2v) is 4.02. The van der Waals surface area contributed by atoms with Crippen LogP contribution < -0.4 is 5.73 Å². The largest absolute Gasteiger partial charge is 0.480 e. The second-order valence-electron chi connectivity index (χ2n) is 4.02. The summed E-state index contributed by atoms with van der Waals surface area (Å²) < 4.78 is 40.2. The number of carboxylic acids is 1. The lowest BCUT2D eigenvalue weighted by molar-refractivity contribution is -0.138. The maximum Gasteiger partial charge on any atom is 0.320 e. The van der Waals surface area contributed by atoms with Crippen LogP contribution in [0.2, 0.25) is 0 Å². The number of carbonyl (C=O) groups is 1. The van der Waals surface area contributed by atoms with Crippen molar-refractivity contribution < 1.29 is 23.1 Å². The molecule has 20 heavy (non-hydrogen) atoms. The molecule has 0 aliphatic carbocycles. The quantitative estimate of drug-likeness (QED) is 0.804. The van der Waals surface area contributed by atoms with E-state index in [2.05, 4.69) is 10.3 Å². The van der Waals surface area contributed by atoms with E-state index in [0.29, 0.717) is 12.1 Å². The summed E-state index contributed by atoms with van der Waals surface area (Å²) in [6.07, 6.45) is 1.07. The number of aromatic nitrogens is 3. The molecule has 1 heterocycles. The van der Waals surface area contributed by atoms with Gasteiger partial charge in [0, 0.05) is 18.6 Å². The molecule has 0 spiro atoms. The molecular weight excluding hydrogens is 277 g/mol. The lowest BCUT2D eigenvalue weighted by Gasteiger charge is -2.03. The van der Waals surface area contributed by atoms with Crippen molar-refractivity contribution in [3.63, 3.8) is 0 Å². The number of hydrogen-bond donors (Lipinski definition) is 2. The molecule has 9 heteroatoms. The summed E-state index contributed by atoms with van der Waals surface area (Å²) in [6, 6.07) is -0.176. The molecule has 3 N–H and O–H groups in total. The van der Waals surface area contributed by atoms with Gasteiger partial charge >= 0.3 is 5.97 Å². The van der Waals surface area contributed by atoms with Gasteiger partial charge in [0.05, 0.1) is 11.9 Å². The Balaban J connectivity index is 2.29. The molecule has 0 aliphatic rings. The third kappa shape index (κ3) is 2.77. The van der Waals surface area contributed by atoms with Crippen LogP contribution >= 0.6 is 0 Å². The van der Waals surface area contributed by atoms with Gasteiger partial charge in [-0.15, -0.1) is 5.10 Å². The molecule has 1 aromatic carbocycles. The monoisotopic (exact) mass is 286 g/mol. The summed E-state index contributed by atoms with van der Waals surface area (Å²) in [5.74, 6) is -4.80. The summed E-state index contributed by atoms with van der Waals surface area (Å²) in [5, 5.41) is 15.8. The predicted octanol–water partition coefficient (Wildman–Crippen LogP) is 0.639. The van der Waals surface area contributed by atoms with E-state index in [-0.39, 0.29) is 17.8 Å². The van der Waals surface area contributed by atoms with Crippen molar-refractivity contribution in [2.75, 3.05) is 0 Å². The molecule has 1 atom stereocenters. The molecule has 6 nitrogen and oxygen atoms in total. The molecule has 2 aromatic rings. The van der Waals surface area contributed by atoms with E-state index in [0.717, 1.165) is 4.68 Å². The van der Waals surface area contributed by atoms with Crippen molar-refractivity contribution in [1.82, 2.24) is 15.0 Å². The van der Waals surface area contributed by atoms with Gasteiger partial charge in [0.25, 0.3) is 0 Å². The maximum atomic E-state index is 13.5. The lowest BCUT2D eigenvalue weighted by atomic mass is 10.2. The molecule has 0 fully saturated rings. The highest BCUT2D eigenvalue weighted by atomic mass is 19.2. The molecule has 1 aromatic heterocycles. The molecule has 0 saturated heterocycles. The summed E-state index contributed by atoms with van der Waals surface area (Å²) in [7, 11) is 0. The first kappa shape index (κ1) is 14.0. The van der Waals surface area contributed by atoms with Crippen LogP contribution in [0.25, 0.3) is 5.69 Å². The molecule has 0 aliphatic heterocycles. The minimum Gasteiger partial charge on any atom is -0.480 e. The fraction of sp³-hybridized carbons (Fsp3) is 0.182. The molecular formula is C11H9F3N4O2. The summed E-state index contributed by atoms with van der Waals surface area (Å²) in [4.78, 5) is 10.6. The minimum absolute atomic E-state index is 0.124. The van der Waals surface area contributed by atoms with Gasteiger partial charge in [0.2, 0.25) is 0 Å². The van der Waals surface area contributed by atoms with Crippen molar-refractivity contribution in [3.8, 4) is 5.69 Å². The highest BCUT2D eigenvalue weighted by Crippen LogP contribution is 2.17. The third-order valence-electron chi connectivity index (χ3n) is 2.52. The Hall–Kier alpha value is -2.42. The highest BCUT2D eigenvalue weighted by Gasteiger charge is 2.17. The highest BCUT2D eigenvalue weighted by molar-refractivity contribution is 5.73. The predicted molar refractivity (Wildman–Crippen MR) is 60.5 cm³/mol. The lowest BCUT2D eigenvalue weighted by Crippen LogP contribution is -2.32. The summed E-state index contributed by atoms with van der Waals surface area (Å²) >= 11 is 0. The van der Waals surface area contributed by atoms with Gasteiger partial charge in [0.1, 0.15) is 11.7 Å². The van der Waals surface area contributed by atoms with Gasteiger partial charge in [-0.1, -0.05) is 5.21 Å². The standard InChI is InChI=1S/C11H9F3N4O2/c12-6-2-8(14)10(3-7(6)13)18-4-5(16-17-18)1-9(15)11(19)20/h2-4,9H,1,15H2,(H,19,20). The second kappa shape index (κ2) is 5.29. The smallest absolute Gasteiger partial charge is 0.320 e. The average molecular weight is 286 g/mol. The van der Waals surface area contributed by atoms with E-state index in [9.17, 15) is 18.0 Å². The first-order valence-electron chi connectivity index (χ1n) is 5.43. The number of nitrogens with two attached hydrogens (primary N) is 1. The van der Waals surface area contributed by atoms with Crippen molar-refractivity contribution in [1.29, 1.82) is 0 Å². The number of carboxylic acid groups (broad SMARTS) is 1. The molecule has 106 valence electrons. The third-order valence-corrected chi connectivity index (χ3v) is 2.52. The topological polar surface area (TPSA) is 94.0 Å². The minimum atomic E-state index is -1.32. The van der Waals surface area contributed by atoms with E-state index >= 15 is 0 Å².